The van der Waals surface area contributed by atoms with Crippen LogP contribution in [0.1, 0.15) is 77.0 Å². The van der Waals surface area contributed by atoms with Gasteiger partial charge in [-0.25, -0.2) is 13.8 Å². The topological polar surface area (TPSA) is 38.1 Å². The second-order valence-electron chi connectivity index (χ2n) is 11.9. The van der Waals surface area contributed by atoms with Gasteiger partial charge in [0, 0.05) is 44.0 Å². The molecule has 212 valence electrons. The van der Waals surface area contributed by atoms with Crippen molar-refractivity contribution in [3.8, 4) is 0 Å². The lowest BCUT2D eigenvalue weighted by atomic mass is 9.81. The van der Waals surface area contributed by atoms with E-state index in [4.69, 9.17) is 4.98 Å². The maximum absolute atomic E-state index is 13.6. The number of hydrogen-bond donors (Lipinski definition) is 0. The van der Waals surface area contributed by atoms with E-state index in [1.165, 1.54) is 16.7 Å². The number of halogens is 2. The highest BCUT2D eigenvalue weighted by Crippen LogP contribution is 2.44. The highest BCUT2D eigenvalue weighted by molar-refractivity contribution is 5.95. The molecule has 0 atom stereocenters. The predicted molar refractivity (Wildman–Crippen MR) is 160 cm³/mol. The number of aromatic nitrogens is 2. The first kappa shape index (κ1) is 27.4. The molecule has 0 spiro atoms. The van der Waals surface area contributed by atoms with Gasteiger partial charge in [0.2, 0.25) is 5.92 Å². The molecule has 6 heteroatoms. The molecule has 6 rings (SSSR count). The Morgan fingerprint density at radius 3 is 2.41 bits per heavy atom. The average Bonchev–Trinajstić information content (AvgIpc) is 3.31. The number of allylic oxidation sites excluding steroid dienone is 1. The largest absolute Gasteiger partial charge is 0.339 e. The first-order valence-electron chi connectivity index (χ1n) is 14.7. The Morgan fingerprint density at radius 1 is 0.976 bits per heavy atom. The molecule has 2 heterocycles. The van der Waals surface area contributed by atoms with Crippen molar-refractivity contribution in [1.82, 2.24) is 14.5 Å². The molecule has 1 saturated heterocycles. The van der Waals surface area contributed by atoms with Crippen molar-refractivity contribution in [3.05, 3.63) is 106 Å². The molecule has 41 heavy (non-hydrogen) atoms. The number of piperidine rings is 1. The molecule has 0 radical (unpaired) electrons. The van der Waals surface area contributed by atoms with E-state index in [2.05, 4.69) is 61.7 Å². The van der Waals surface area contributed by atoms with Crippen LogP contribution in [-0.2, 0) is 6.54 Å². The number of rotatable bonds is 6. The van der Waals surface area contributed by atoms with Gasteiger partial charge in [0.15, 0.2) is 0 Å². The Morgan fingerprint density at radius 2 is 1.73 bits per heavy atom. The fourth-order valence-electron chi connectivity index (χ4n) is 6.68. The van der Waals surface area contributed by atoms with Crippen LogP contribution in [0.3, 0.4) is 0 Å². The van der Waals surface area contributed by atoms with E-state index >= 15 is 0 Å². The maximum Gasteiger partial charge on any atom is 0.253 e. The Hall–Kier alpha value is -3.80. The molecule has 1 aliphatic carbocycles. The minimum atomic E-state index is -2.53. The molecule has 0 unspecified atom stereocenters. The summed E-state index contributed by atoms with van der Waals surface area (Å²) in [5.74, 6) is -1.33. The van der Waals surface area contributed by atoms with E-state index in [1.807, 2.05) is 41.3 Å². The summed E-state index contributed by atoms with van der Waals surface area (Å²) in [6.07, 6.45) is 3.65. The summed E-state index contributed by atoms with van der Waals surface area (Å²) in [5, 5.41) is 0. The summed E-state index contributed by atoms with van der Waals surface area (Å²) in [4.78, 5) is 20.4. The van der Waals surface area contributed by atoms with E-state index in [0.29, 0.717) is 25.2 Å². The van der Waals surface area contributed by atoms with Crippen molar-refractivity contribution in [2.45, 2.75) is 64.8 Å². The molecule has 0 bridgehead atoms. The zero-order valence-corrected chi connectivity index (χ0v) is 24.0. The second-order valence-corrected chi connectivity index (χ2v) is 11.9. The lowest BCUT2D eigenvalue weighted by Gasteiger charge is -2.36. The van der Waals surface area contributed by atoms with Crippen molar-refractivity contribution < 1.29 is 13.6 Å². The average molecular weight is 554 g/mol. The predicted octanol–water partition coefficient (Wildman–Crippen LogP) is 8.17. The third kappa shape index (κ3) is 5.44. The molecule has 1 amide bonds. The van der Waals surface area contributed by atoms with Crippen LogP contribution in [0.2, 0.25) is 0 Å². The number of benzene rings is 3. The fraction of sp³-hybridized carbons (Fsp3) is 0.371. The van der Waals surface area contributed by atoms with Gasteiger partial charge in [-0.05, 0) is 86.1 Å². The van der Waals surface area contributed by atoms with Crippen LogP contribution in [0.25, 0.3) is 16.6 Å². The maximum atomic E-state index is 13.6. The van der Waals surface area contributed by atoms with E-state index in [-0.39, 0.29) is 30.6 Å². The summed E-state index contributed by atoms with van der Waals surface area (Å²) < 4.78 is 29.3. The molecule has 3 aromatic carbocycles. The summed E-state index contributed by atoms with van der Waals surface area (Å²) in [6.45, 7) is 8.10. The number of para-hydroxylation sites is 2. The van der Waals surface area contributed by atoms with Gasteiger partial charge >= 0.3 is 0 Å². The third-order valence-electron chi connectivity index (χ3n) is 8.83. The number of nitrogens with zero attached hydrogens (tertiary/aromatic N) is 3. The monoisotopic (exact) mass is 553 g/mol. The molecular weight excluding hydrogens is 516 g/mol. The van der Waals surface area contributed by atoms with Crippen LogP contribution in [0.15, 0.2) is 72.8 Å². The van der Waals surface area contributed by atoms with Gasteiger partial charge in [-0.1, -0.05) is 54.1 Å². The van der Waals surface area contributed by atoms with Crippen LogP contribution >= 0.6 is 0 Å². The molecule has 1 saturated carbocycles. The number of alkyl halides is 2. The van der Waals surface area contributed by atoms with Crippen LogP contribution in [0.5, 0.6) is 0 Å². The molecule has 1 aromatic heterocycles. The number of amides is 1. The van der Waals surface area contributed by atoms with Crippen LogP contribution in [-0.4, -0.2) is 39.4 Å². The Labute approximate surface area is 240 Å². The number of likely N-dealkylation sites (tertiary alicyclic amines) is 1. The van der Waals surface area contributed by atoms with E-state index < -0.39 is 5.92 Å². The van der Waals surface area contributed by atoms with Crippen molar-refractivity contribution >= 4 is 22.5 Å². The molecular formula is C35H37F2N3O. The quantitative estimate of drug-likeness (QED) is 0.242. The summed E-state index contributed by atoms with van der Waals surface area (Å²) >= 11 is 0. The molecule has 2 fully saturated rings. The summed E-state index contributed by atoms with van der Waals surface area (Å²) in [6, 6.07) is 22.5. The number of fused-ring (bicyclic) bond motifs is 1. The van der Waals surface area contributed by atoms with Gasteiger partial charge in [-0.15, -0.1) is 0 Å². The first-order chi connectivity index (χ1) is 19.7. The van der Waals surface area contributed by atoms with Crippen molar-refractivity contribution in [1.29, 1.82) is 0 Å². The molecule has 2 aliphatic rings. The Balaban J connectivity index is 1.16. The van der Waals surface area contributed by atoms with Gasteiger partial charge in [-0.2, -0.15) is 0 Å². The highest BCUT2D eigenvalue weighted by Gasteiger charge is 2.45. The van der Waals surface area contributed by atoms with E-state index in [9.17, 15) is 13.6 Å². The standard InChI is InChI=1S/C35H37F2N3O/c1-4-29(27-9-7-8-23(2)18-27)30-13-12-28(19-24(30)3)34(41)39-16-14-26(15-17-39)33-38-31-10-5-6-11-32(31)40(33)22-25-20-35(36,37)21-25/h4-13,18-19,25-26H,14-17,20-22H2,1-3H3/b29-4-. The fourth-order valence-corrected chi connectivity index (χ4v) is 6.68. The van der Waals surface area contributed by atoms with Crippen molar-refractivity contribution in [2.75, 3.05) is 13.1 Å². The van der Waals surface area contributed by atoms with Crippen molar-refractivity contribution in [2.24, 2.45) is 5.92 Å². The minimum absolute atomic E-state index is 0.0248. The normalized spacial score (nSPS) is 18.1. The smallest absolute Gasteiger partial charge is 0.253 e. The Kier molecular flexibility index (Phi) is 7.27. The molecule has 0 N–H and O–H groups in total. The van der Waals surface area contributed by atoms with Gasteiger partial charge < -0.3 is 9.47 Å². The number of carbonyl (C=O) groups excluding carboxylic acids is 1. The van der Waals surface area contributed by atoms with E-state index in [1.54, 1.807) is 0 Å². The van der Waals surface area contributed by atoms with Gasteiger partial charge in [0.1, 0.15) is 5.82 Å². The number of carbonyl (C=O) groups is 1. The Bertz CT molecular complexity index is 1620. The summed E-state index contributed by atoms with van der Waals surface area (Å²) in [5.41, 5.74) is 8.41. The van der Waals surface area contributed by atoms with E-state index in [0.717, 1.165) is 40.8 Å². The van der Waals surface area contributed by atoms with Gasteiger partial charge in [0.05, 0.1) is 11.0 Å². The SMILES string of the molecule is C/C=C(/c1cccc(C)c1)c1ccc(C(=O)N2CCC(c3nc4ccccc4n3CC3CC(F)(F)C3)CC2)cc1C. The highest BCUT2D eigenvalue weighted by atomic mass is 19.3. The van der Waals surface area contributed by atoms with Crippen LogP contribution in [0.4, 0.5) is 8.78 Å². The minimum Gasteiger partial charge on any atom is -0.339 e. The van der Waals surface area contributed by atoms with Gasteiger partial charge in [0.25, 0.3) is 5.91 Å². The number of hydrogen-bond acceptors (Lipinski definition) is 2. The number of imidazole rings is 1. The molecule has 4 nitrogen and oxygen atoms in total. The van der Waals surface area contributed by atoms with Crippen LogP contribution in [0, 0.1) is 19.8 Å². The zero-order chi connectivity index (χ0) is 28.7. The zero-order valence-electron chi connectivity index (χ0n) is 24.0. The second kappa shape index (κ2) is 10.9. The van der Waals surface area contributed by atoms with Crippen LogP contribution < -0.4 is 0 Å². The molecule has 4 aromatic rings. The third-order valence-corrected chi connectivity index (χ3v) is 8.83. The van der Waals surface area contributed by atoms with Crippen molar-refractivity contribution in [3.63, 3.8) is 0 Å². The lowest BCUT2D eigenvalue weighted by Crippen LogP contribution is -2.39. The summed E-state index contributed by atoms with van der Waals surface area (Å²) in [7, 11) is 0. The number of aryl methyl sites for hydroxylation is 2. The first-order valence-corrected chi connectivity index (χ1v) is 14.7. The molecule has 1 aliphatic heterocycles. The lowest BCUT2D eigenvalue weighted by molar-refractivity contribution is -0.114. The van der Waals surface area contributed by atoms with Gasteiger partial charge in [-0.3, -0.25) is 4.79 Å².